The molecule has 0 atom stereocenters. The lowest BCUT2D eigenvalue weighted by molar-refractivity contribution is 0.0921. The summed E-state index contributed by atoms with van der Waals surface area (Å²) in [7, 11) is 0. The molecule has 0 N–H and O–H groups in total. The molecule has 26 heavy (non-hydrogen) atoms. The van der Waals surface area contributed by atoms with E-state index in [0.717, 1.165) is 35.8 Å². The molecule has 5 heteroatoms. The molecule has 0 spiro atoms. The Balaban J connectivity index is 1.62. The zero-order chi connectivity index (χ0) is 18.3. The molecule has 0 aliphatic heterocycles. The van der Waals surface area contributed by atoms with E-state index in [-0.39, 0.29) is 18.0 Å². The molecule has 1 aliphatic carbocycles. The van der Waals surface area contributed by atoms with Gasteiger partial charge in [0.05, 0.1) is 0 Å². The van der Waals surface area contributed by atoms with Gasteiger partial charge in [-0.25, -0.2) is 9.18 Å². The molecule has 1 heterocycles. The number of carbonyl (C=O) groups is 1. The van der Waals surface area contributed by atoms with Crippen LogP contribution in [0.1, 0.15) is 33.5 Å². The average molecular weight is 352 g/mol. The number of ketones is 1. The van der Waals surface area contributed by atoms with Crippen LogP contribution in [0.15, 0.2) is 45.6 Å². The Hall–Kier alpha value is -2.95. The van der Waals surface area contributed by atoms with Crippen LogP contribution in [0.2, 0.25) is 0 Å². The Morgan fingerprint density at radius 1 is 1.12 bits per heavy atom. The van der Waals surface area contributed by atoms with E-state index in [1.54, 1.807) is 6.07 Å². The summed E-state index contributed by atoms with van der Waals surface area (Å²) >= 11 is 0. The highest BCUT2D eigenvalue weighted by Gasteiger charge is 2.21. The van der Waals surface area contributed by atoms with Crippen molar-refractivity contribution in [2.75, 3.05) is 6.61 Å². The number of aryl methyl sites for hydroxylation is 2. The van der Waals surface area contributed by atoms with Gasteiger partial charge in [-0.1, -0.05) is 0 Å². The first-order valence-corrected chi connectivity index (χ1v) is 8.54. The highest BCUT2D eigenvalue weighted by molar-refractivity contribution is 5.97. The molecule has 0 bridgehead atoms. The maximum absolute atomic E-state index is 13.0. The van der Waals surface area contributed by atoms with Crippen molar-refractivity contribution in [3.63, 3.8) is 0 Å². The average Bonchev–Trinajstić information content (AvgIpc) is 3.13. The van der Waals surface area contributed by atoms with Crippen molar-refractivity contribution in [2.45, 2.75) is 26.2 Å². The van der Waals surface area contributed by atoms with Gasteiger partial charge in [0.1, 0.15) is 17.1 Å². The van der Waals surface area contributed by atoms with Gasteiger partial charge in [0.15, 0.2) is 12.4 Å². The third kappa shape index (κ3) is 2.79. The maximum atomic E-state index is 13.0. The van der Waals surface area contributed by atoms with Crippen LogP contribution >= 0.6 is 0 Å². The number of hydrogen-bond donors (Lipinski definition) is 0. The SMILES string of the molecule is Cc1c(OCC(=O)c2ccc(F)cc2)ccc2c3c(c(=O)oc12)CCC3. The lowest BCUT2D eigenvalue weighted by atomic mass is 10.0. The van der Waals surface area contributed by atoms with Gasteiger partial charge >= 0.3 is 5.63 Å². The number of rotatable bonds is 4. The van der Waals surface area contributed by atoms with Crippen molar-refractivity contribution >= 4 is 16.8 Å². The third-order valence-electron chi connectivity index (χ3n) is 4.87. The highest BCUT2D eigenvalue weighted by atomic mass is 19.1. The van der Waals surface area contributed by atoms with Crippen LogP contribution in [0.3, 0.4) is 0 Å². The second-order valence-corrected chi connectivity index (χ2v) is 6.48. The first-order valence-electron chi connectivity index (χ1n) is 8.54. The predicted molar refractivity (Wildman–Crippen MR) is 95.5 cm³/mol. The van der Waals surface area contributed by atoms with Crippen LogP contribution in [0.5, 0.6) is 5.75 Å². The number of hydrogen-bond acceptors (Lipinski definition) is 4. The standard InChI is InChI=1S/C21H17FO4/c1-12-19(25-11-18(23)13-5-7-14(22)8-6-13)10-9-16-15-3-2-4-17(15)21(24)26-20(12)16/h5-10H,2-4,11H2,1H3. The van der Waals surface area contributed by atoms with E-state index in [0.29, 0.717) is 22.5 Å². The molecule has 1 aliphatic rings. The van der Waals surface area contributed by atoms with Crippen molar-refractivity contribution in [1.82, 2.24) is 0 Å². The number of carbonyl (C=O) groups excluding carboxylic acids is 1. The van der Waals surface area contributed by atoms with Crippen LogP contribution in [0.25, 0.3) is 11.0 Å². The monoisotopic (exact) mass is 352 g/mol. The first-order chi connectivity index (χ1) is 12.5. The van der Waals surface area contributed by atoms with Crippen LogP contribution in [-0.4, -0.2) is 12.4 Å². The Morgan fingerprint density at radius 3 is 2.62 bits per heavy atom. The van der Waals surface area contributed by atoms with Crippen molar-refractivity contribution in [2.24, 2.45) is 0 Å². The second-order valence-electron chi connectivity index (χ2n) is 6.48. The number of fused-ring (bicyclic) bond motifs is 3. The molecule has 4 nitrogen and oxygen atoms in total. The molecule has 2 aromatic carbocycles. The number of ether oxygens (including phenoxy) is 1. The third-order valence-corrected chi connectivity index (χ3v) is 4.87. The fourth-order valence-electron chi connectivity index (χ4n) is 3.48. The van der Waals surface area contributed by atoms with E-state index in [2.05, 4.69) is 0 Å². The zero-order valence-electron chi connectivity index (χ0n) is 14.3. The van der Waals surface area contributed by atoms with Gasteiger partial charge in [0.25, 0.3) is 0 Å². The largest absolute Gasteiger partial charge is 0.485 e. The summed E-state index contributed by atoms with van der Waals surface area (Å²) in [5.41, 5.74) is 3.15. The van der Waals surface area contributed by atoms with Crippen LogP contribution in [0.4, 0.5) is 4.39 Å². The Morgan fingerprint density at radius 2 is 1.85 bits per heavy atom. The zero-order valence-corrected chi connectivity index (χ0v) is 14.3. The molecule has 0 radical (unpaired) electrons. The van der Waals surface area contributed by atoms with Gasteiger partial charge in [-0.15, -0.1) is 0 Å². The van der Waals surface area contributed by atoms with Crippen LogP contribution in [-0.2, 0) is 12.8 Å². The first kappa shape index (κ1) is 16.5. The molecular formula is C21H17FO4. The van der Waals surface area contributed by atoms with E-state index < -0.39 is 5.82 Å². The molecule has 0 unspecified atom stereocenters. The summed E-state index contributed by atoms with van der Waals surface area (Å²) < 4.78 is 24.1. The molecule has 3 aromatic rings. The quantitative estimate of drug-likeness (QED) is 0.526. The summed E-state index contributed by atoms with van der Waals surface area (Å²) in [6.07, 6.45) is 2.60. The fraction of sp³-hybridized carbons (Fsp3) is 0.238. The minimum Gasteiger partial charge on any atom is -0.485 e. The van der Waals surface area contributed by atoms with Gasteiger partial charge in [-0.3, -0.25) is 4.79 Å². The summed E-state index contributed by atoms with van der Waals surface area (Å²) in [6.45, 7) is 1.64. The smallest absolute Gasteiger partial charge is 0.339 e. The molecule has 0 amide bonds. The molecule has 0 saturated carbocycles. The molecular weight excluding hydrogens is 335 g/mol. The minimum absolute atomic E-state index is 0.173. The van der Waals surface area contributed by atoms with Crippen molar-refractivity contribution in [1.29, 1.82) is 0 Å². The molecule has 0 fully saturated rings. The second kappa shape index (κ2) is 6.41. The summed E-state index contributed by atoms with van der Waals surface area (Å²) in [5.74, 6) is -0.149. The predicted octanol–water partition coefficient (Wildman–Crippen LogP) is 3.99. The van der Waals surface area contributed by atoms with Gasteiger partial charge in [0, 0.05) is 22.1 Å². The molecule has 0 saturated heterocycles. The highest BCUT2D eigenvalue weighted by Crippen LogP contribution is 2.33. The van der Waals surface area contributed by atoms with Gasteiger partial charge in [0.2, 0.25) is 0 Å². The van der Waals surface area contributed by atoms with Gasteiger partial charge in [-0.2, -0.15) is 0 Å². The normalized spacial score (nSPS) is 13.0. The van der Waals surface area contributed by atoms with Crippen molar-refractivity contribution in [3.05, 3.63) is 74.9 Å². The van der Waals surface area contributed by atoms with E-state index >= 15 is 0 Å². The van der Waals surface area contributed by atoms with Crippen LogP contribution < -0.4 is 10.4 Å². The molecule has 4 rings (SSSR count). The number of Topliss-reactive ketones (excluding diaryl/α,β-unsaturated/α-hetero) is 1. The number of benzene rings is 2. The van der Waals surface area contributed by atoms with Crippen molar-refractivity contribution < 1.29 is 18.3 Å². The van der Waals surface area contributed by atoms with Gasteiger partial charge < -0.3 is 9.15 Å². The van der Waals surface area contributed by atoms with E-state index in [1.807, 2.05) is 13.0 Å². The van der Waals surface area contributed by atoms with Crippen molar-refractivity contribution in [3.8, 4) is 5.75 Å². The summed E-state index contributed by atoms with van der Waals surface area (Å²) in [4.78, 5) is 24.4. The molecule has 132 valence electrons. The lowest BCUT2D eigenvalue weighted by Crippen LogP contribution is -2.12. The Labute approximate surface area is 149 Å². The summed E-state index contributed by atoms with van der Waals surface area (Å²) in [5, 5.41) is 0.937. The van der Waals surface area contributed by atoms with Gasteiger partial charge in [-0.05, 0) is 68.1 Å². The maximum Gasteiger partial charge on any atom is 0.339 e. The Bertz CT molecular complexity index is 1060. The fourth-order valence-corrected chi connectivity index (χ4v) is 3.48. The topological polar surface area (TPSA) is 56.5 Å². The van der Waals surface area contributed by atoms with E-state index in [4.69, 9.17) is 9.15 Å². The Kier molecular flexibility index (Phi) is 4.07. The molecule has 1 aromatic heterocycles. The minimum atomic E-state index is -0.393. The number of halogens is 1. The lowest BCUT2D eigenvalue weighted by Gasteiger charge is -2.12. The summed E-state index contributed by atoms with van der Waals surface area (Å²) in [6, 6.07) is 9.02. The van der Waals surface area contributed by atoms with Crippen LogP contribution in [0, 0.1) is 12.7 Å². The van der Waals surface area contributed by atoms with E-state index in [1.165, 1.54) is 24.3 Å². The van der Waals surface area contributed by atoms with E-state index in [9.17, 15) is 14.0 Å².